The monoisotopic (exact) mass is 317 g/mol. The molecule has 0 radical (unpaired) electrons. The smallest absolute Gasteiger partial charge is 0.268 e. The molecule has 3 nitrogen and oxygen atoms in total. The SMILES string of the molecule is O=c1[nH]c(SCc2ccccc2O)c2ccccc2c1Cl. The van der Waals surface area contributed by atoms with Crippen molar-refractivity contribution in [2.75, 3.05) is 0 Å². The lowest BCUT2D eigenvalue weighted by Gasteiger charge is -2.08. The predicted molar refractivity (Wildman–Crippen MR) is 87.2 cm³/mol. The second kappa shape index (κ2) is 5.84. The molecule has 0 aliphatic heterocycles. The molecule has 1 aromatic heterocycles. The molecule has 0 aliphatic rings. The maximum atomic E-state index is 11.9. The van der Waals surface area contributed by atoms with Gasteiger partial charge in [0.05, 0.1) is 5.03 Å². The first-order valence-electron chi connectivity index (χ1n) is 6.37. The van der Waals surface area contributed by atoms with Gasteiger partial charge in [0.15, 0.2) is 0 Å². The third-order valence-electron chi connectivity index (χ3n) is 3.20. The molecule has 2 aromatic carbocycles. The molecule has 0 amide bonds. The number of phenols is 1. The summed E-state index contributed by atoms with van der Waals surface area (Å²) in [6.07, 6.45) is 0. The van der Waals surface area contributed by atoms with Gasteiger partial charge in [-0.25, -0.2) is 0 Å². The Balaban J connectivity index is 2.00. The minimum Gasteiger partial charge on any atom is -0.508 e. The number of halogens is 1. The molecule has 106 valence electrons. The summed E-state index contributed by atoms with van der Waals surface area (Å²) in [5.74, 6) is 0.819. The lowest BCUT2D eigenvalue weighted by Crippen LogP contribution is -2.07. The van der Waals surface area contributed by atoms with Crippen LogP contribution >= 0.6 is 23.4 Å². The van der Waals surface area contributed by atoms with E-state index in [2.05, 4.69) is 4.98 Å². The zero-order valence-electron chi connectivity index (χ0n) is 11.0. The number of H-pyrrole nitrogens is 1. The molecule has 5 heteroatoms. The summed E-state index contributed by atoms with van der Waals surface area (Å²) < 4.78 is 0. The van der Waals surface area contributed by atoms with E-state index in [1.807, 2.05) is 36.4 Å². The minimum atomic E-state index is -0.296. The summed E-state index contributed by atoms with van der Waals surface area (Å²) in [4.78, 5) is 14.7. The van der Waals surface area contributed by atoms with E-state index in [1.54, 1.807) is 12.1 Å². The lowest BCUT2D eigenvalue weighted by molar-refractivity contribution is 0.470. The molecule has 0 unspecified atom stereocenters. The molecule has 21 heavy (non-hydrogen) atoms. The van der Waals surface area contributed by atoms with Crippen LogP contribution in [0.5, 0.6) is 5.75 Å². The van der Waals surface area contributed by atoms with Crippen molar-refractivity contribution in [3.8, 4) is 5.75 Å². The average molecular weight is 318 g/mol. The first-order valence-corrected chi connectivity index (χ1v) is 7.73. The highest BCUT2D eigenvalue weighted by Crippen LogP contribution is 2.31. The van der Waals surface area contributed by atoms with Gasteiger partial charge in [0.1, 0.15) is 10.8 Å². The topological polar surface area (TPSA) is 53.1 Å². The first-order chi connectivity index (χ1) is 10.2. The molecule has 3 rings (SSSR count). The highest BCUT2D eigenvalue weighted by molar-refractivity contribution is 7.98. The van der Waals surface area contributed by atoms with Crippen LogP contribution in [0.25, 0.3) is 10.8 Å². The van der Waals surface area contributed by atoms with E-state index in [4.69, 9.17) is 11.6 Å². The Labute approximate surface area is 130 Å². The molecule has 3 aromatic rings. The number of hydrogen-bond acceptors (Lipinski definition) is 3. The largest absolute Gasteiger partial charge is 0.508 e. The van der Waals surface area contributed by atoms with Crippen LogP contribution in [0.4, 0.5) is 0 Å². The maximum Gasteiger partial charge on any atom is 0.268 e. The normalized spacial score (nSPS) is 10.9. The molecular weight excluding hydrogens is 306 g/mol. The summed E-state index contributed by atoms with van der Waals surface area (Å²) in [5, 5.41) is 12.4. The molecule has 0 aliphatic carbocycles. The van der Waals surface area contributed by atoms with Gasteiger partial charge in [-0.1, -0.05) is 54.1 Å². The highest BCUT2D eigenvalue weighted by Gasteiger charge is 2.10. The fourth-order valence-corrected chi connectivity index (χ4v) is 3.37. The third-order valence-corrected chi connectivity index (χ3v) is 4.64. The third kappa shape index (κ3) is 2.77. The quantitative estimate of drug-likeness (QED) is 0.712. The van der Waals surface area contributed by atoms with E-state index >= 15 is 0 Å². The van der Waals surface area contributed by atoms with Crippen LogP contribution in [0.1, 0.15) is 5.56 Å². The fourth-order valence-electron chi connectivity index (χ4n) is 2.12. The summed E-state index contributed by atoms with van der Waals surface area (Å²) in [5.41, 5.74) is 0.525. The Morgan fingerprint density at radius 3 is 2.48 bits per heavy atom. The number of para-hydroxylation sites is 1. The second-order valence-corrected chi connectivity index (χ2v) is 5.92. The van der Waals surface area contributed by atoms with Crippen molar-refractivity contribution in [1.29, 1.82) is 0 Å². The molecule has 2 N–H and O–H groups in total. The van der Waals surface area contributed by atoms with Gasteiger partial charge in [-0.15, -0.1) is 11.8 Å². The molecule has 0 fully saturated rings. The molecule has 0 spiro atoms. The second-order valence-electron chi connectivity index (χ2n) is 4.56. The zero-order valence-corrected chi connectivity index (χ0v) is 12.5. The number of hydrogen-bond donors (Lipinski definition) is 2. The van der Waals surface area contributed by atoms with E-state index in [0.29, 0.717) is 5.75 Å². The van der Waals surface area contributed by atoms with Crippen molar-refractivity contribution in [3.63, 3.8) is 0 Å². The molecule has 0 bridgehead atoms. The Kier molecular flexibility index (Phi) is 3.90. The summed E-state index contributed by atoms with van der Waals surface area (Å²) >= 11 is 7.51. The number of aromatic hydroxyl groups is 1. The Bertz CT molecular complexity index is 860. The molecule has 0 atom stereocenters. The highest BCUT2D eigenvalue weighted by atomic mass is 35.5. The van der Waals surface area contributed by atoms with Crippen molar-refractivity contribution in [1.82, 2.24) is 4.98 Å². The molecule has 0 saturated carbocycles. The van der Waals surface area contributed by atoms with Gasteiger partial charge in [0, 0.05) is 22.1 Å². The van der Waals surface area contributed by atoms with Crippen LogP contribution in [0.2, 0.25) is 5.02 Å². The number of benzene rings is 2. The van der Waals surface area contributed by atoms with E-state index < -0.39 is 0 Å². The van der Waals surface area contributed by atoms with Gasteiger partial charge in [0.25, 0.3) is 5.56 Å². The predicted octanol–water partition coefficient (Wildman–Crippen LogP) is 4.18. The van der Waals surface area contributed by atoms with Gasteiger partial charge in [-0.05, 0) is 6.07 Å². The average Bonchev–Trinajstić information content (AvgIpc) is 2.51. The summed E-state index contributed by atoms with van der Waals surface area (Å²) in [7, 11) is 0. The van der Waals surface area contributed by atoms with Crippen LogP contribution in [0.3, 0.4) is 0 Å². The molecule has 1 heterocycles. The number of aromatic nitrogens is 1. The summed E-state index contributed by atoms with van der Waals surface area (Å²) in [6, 6.07) is 14.7. The number of aromatic amines is 1. The van der Waals surface area contributed by atoms with Crippen LogP contribution < -0.4 is 5.56 Å². The molecule has 0 saturated heterocycles. The fraction of sp³-hybridized carbons (Fsp3) is 0.0625. The summed E-state index contributed by atoms with van der Waals surface area (Å²) in [6.45, 7) is 0. The van der Waals surface area contributed by atoms with E-state index in [9.17, 15) is 9.90 Å². The van der Waals surface area contributed by atoms with E-state index in [1.165, 1.54) is 11.8 Å². The first kappa shape index (κ1) is 14.0. The standard InChI is InChI=1S/C16H12ClNO2S/c17-14-11-6-2-3-7-12(11)16(18-15(14)20)21-9-10-5-1-4-8-13(10)19/h1-8,19H,9H2,(H,18,20). The van der Waals surface area contributed by atoms with Crippen LogP contribution in [0, 0.1) is 0 Å². The van der Waals surface area contributed by atoms with Crippen molar-refractivity contribution in [2.24, 2.45) is 0 Å². The van der Waals surface area contributed by atoms with Crippen LogP contribution in [-0.4, -0.2) is 10.1 Å². The Morgan fingerprint density at radius 1 is 1.05 bits per heavy atom. The maximum absolute atomic E-state index is 11.9. The van der Waals surface area contributed by atoms with Gasteiger partial charge in [-0.2, -0.15) is 0 Å². The zero-order chi connectivity index (χ0) is 14.8. The van der Waals surface area contributed by atoms with Gasteiger partial charge in [-0.3, -0.25) is 4.79 Å². The number of thioether (sulfide) groups is 1. The number of pyridine rings is 1. The lowest BCUT2D eigenvalue weighted by atomic mass is 10.2. The van der Waals surface area contributed by atoms with Crippen LogP contribution in [0.15, 0.2) is 58.4 Å². The van der Waals surface area contributed by atoms with Crippen molar-refractivity contribution < 1.29 is 5.11 Å². The van der Waals surface area contributed by atoms with Crippen molar-refractivity contribution in [2.45, 2.75) is 10.8 Å². The van der Waals surface area contributed by atoms with Gasteiger partial charge < -0.3 is 10.1 Å². The van der Waals surface area contributed by atoms with E-state index in [-0.39, 0.29) is 16.3 Å². The number of fused-ring (bicyclic) bond motifs is 1. The Morgan fingerprint density at radius 2 is 1.71 bits per heavy atom. The minimum absolute atomic E-state index is 0.206. The number of phenolic OH excluding ortho intramolecular Hbond substituents is 1. The van der Waals surface area contributed by atoms with Gasteiger partial charge >= 0.3 is 0 Å². The van der Waals surface area contributed by atoms with E-state index in [0.717, 1.165) is 21.4 Å². The Hall–Kier alpha value is -1.91. The van der Waals surface area contributed by atoms with Gasteiger partial charge in [0.2, 0.25) is 0 Å². The number of rotatable bonds is 3. The molecular formula is C16H12ClNO2S. The van der Waals surface area contributed by atoms with Crippen molar-refractivity contribution >= 4 is 34.1 Å². The van der Waals surface area contributed by atoms with Crippen LogP contribution in [-0.2, 0) is 5.75 Å². The number of nitrogens with one attached hydrogen (secondary N) is 1. The van der Waals surface area contributed by atoms with Crippen molar-refractivity contribution in [3.05, 3.63) is 69.5 Å².